The number of hydrogen-bond acceptors (Lipinski definition) is 5. The fraction of sp³-hybridized carbons (Fsp3) is 0.667. The number of rotatable bonds is 3. The van der Waals surface area contributed by atoms with Crippen LogP contribution in [-0.2, 0) is 10.0 Å². The minimum absolute atomic E-state index is 0.516. The zero-order valence-electron chi connectivity index (χ0n) is 8.11. The van der Waals surface area contributed by atoms with E-state index in [0.717, 1.165) is 6.92 Å². The third-order valence-corrected chi connectivity index (χ3v) is 4.07. The minimum Gasteiger partial charge on any atom is -0.434 e. The lowest BCUT2D eigenvalue weighted by Crippen LogP contribution is -2.58. The summed E-state index contributed by atoms with van der Waals surface area (Å²) >= 11 is 0. The van der Waals surface area contributed by atoms with Crippen LogP contribution in [0.4, 0.5) is 9.59 Å². The van der Waals surface area contributed by atoms with Crippen LogP contribution in [0.25, 0.3) is 0 Å². The molecule has 1 unspecified atom stereocenters. The Morgan fingerprint density at radius 1 is 1.27 bits per heavy atom. The van der Waals surface area contributed by atoms with Crippen molar-refractivity contribution in [3.05, 3.63) is 0 Å². The van der Waals surface area contributed by atoms with Crippen LogP contribution in [0.15, 0.2) is 0 Å². The first kappa shape index (κ1) is 13.8. The van der Waals surface area contributed by atoms with Crippen LogP contribution in [0.1, 0.15) is 6.92 Å². The average molecular weight is 242 g/mol. The Balaban J connectivity index is 5.48. The number of quaternary nitrogens is 1. The molecule has 8 nitrogen and oxygen atoms in total. The molecule has 0 rings (SSSR count). The Morgan fingerprint density at radius 3 is 1.80 bits per heavy atom. The van der Waals surface area contributed by atoms with Gasteiger partial charge in [-0.2, -0.15) is 18.0 Å². The molecule has 3 N–H and O–H groups in total. The highest BCUT2D eigenvalue weighted by molar-refractivity contribution is 7.86. The van der Waals surface area contributed by atoms with E-state index in [0.29, 0.717) is 7.05 Å². The van der Waals surface area contributed by atoms with Crippen LogP contribution < -0.4 is 0 Å². The smallest absolute Gasteiger partial charge is 0.434 e. The molecule has 0 fully saturated rings. The molecule has 1 atom stereocenters. The van der Waals surface area contributed by atoms with Gasteiger partial charge in [0.25, 0.3) is 0 Å². The summed E-state index contributed by atoms with van der Waals surface area (Å²) in [6, 6.07) is 0. The van der Waals surface area contributed by atoms with Gasteiger partial charge in [-0.25, -0.2) is 0 Å². The van der Waals surface area contributed by atoms with E-state index < -0.39 is 38.0 Å². The number of imide groups is 1. The molecule has 0 aromatic rings. The zero-order valence-corrected chi connectivity index (χ0v) is 8.93. The van der Waals surface area contributed by atoms with Crippen molar-refractivity contribution >= 4 is 22.2 Å². The highest BCUT2D eigenvalue weighted by Crippen LogP contribution is 2.15. The molecule has 9 heteroatoms. The summed E-state index contributed by atoms with van der Waals surface area (Å²) < 4.78 is 20.6. The summed E-state index contributed by atoms with van der Waals surface area (Å²) in [6.07, 6.45) is -5.42. The second kappa shape index (κ2) is 4.13. The molecule has 2 amide bonds. The molecule has 88 valence electrons. The van der Waals surface area contributed by atoms with Gasteiger partial charge in [-0.3, -0.25) is 0 Å². The monoisotopic (exact) mass is 242 g/mol. The molecule has 0 bridgehead atoms. The molecule has 0 saturated heterocycles. The Morgan fingerprint density at radius 2 is 1.60 bits per heavy atom. The van der Waals surface area contributed by atoms with Gasteiger partial charge >= 0.3 is 22.2 Å². The lowest BCUT2D eigenvalue weighted by Gasteiger charge is -2.21. The molecule has 0 radical (unpaired) electrons. The number of nitrogens with zero attached hydrogens (tertiary/aromatic N) is 1. The summed E-state index contributed by atoms with van der Waals surface area (Å²) in [5.41, 5.74) is 0. The standard InChI is InChI=1S/C6H11NO7S/c1-4(8)3-15(13,14)7(2,5(9)10)6(11)12/h4,8H,3H2,1-2H3,(H-,9,10,11,12)/p+1. The van der Waals surface area contributed by atoms with Crippen molar-refractivity contribution in [2.45, 2.75) is 13.0 Å². The summed E-state index contributed by atoms with van der Waals surface area (Å²) in [4.78, 5) is 21.2. The molecule has 15 heavy (non-hydrogen) atoms. The van der Waals surface area contributed by atoms with Crippen LogP contribution in [0.2, 0.25) is 0 Å². The lowest BCUT2D eigenvalue weighted by molar-refractivity contribution is -0.627. The predicted molar refractivity (Wildman–Crippen MR) is 47.7 cm³/mol. The van der Waals surface area contributed by atoms with E-state index in [1.54, 1.807) is 0 Å². The van der Waals surface area contributed by atoms with Crippen LogP contribution in [0.5, 0.6) is 0 Å². The van der Waals surface area contributed by atoms with Crippen molar-refractivity contribution in [2.75, 3.05) is 12.8 Å². The summed E-state index contributed by atoms with van der Waals surface area (Å²) in [7, 11) is -4.01. The zero-order chi connectivity index (χ0) is 12.4. The highest BCUT2D eigenvalue weighted by Gasteiger charge is 2.54. The van der Waals surface area contributed by atoms with E-state index in [1.807, 2.05) is 0 Å². The summed E-state index contributed by atoms with van der Waals surface area (Å²) in [5, 5.41) is 26.0. The van der Waals surface area contributed by atoms with Crippen LogP contribution >= 0.6 is 0 Å². The van der Waals surface area contributed by atoms with Gasteiger partial charge in [0.15, 0.2) is 0 Å². The Labute approximate surface area is 86.0 Å². The maximum atomic E-state index is 11.4. The van der Waals surface area contributed by atoms with Crippen molar-refractivity contribution in [2.24, 2.45) is 0 Å². The maximum absolute atomic E-state index is 11.4. The SMILES string of the molecule is CC(O)CS(=O)(=O)[N+](C)(C(=O)O)C(=O)O. The Hall–Kier alpha value is -1.19. The van der Waals surface area contributed by atoms with Crippen LogP contribution in [0, 0.1) is 0 Å². The van der Waals surface area contributed by atoms with Gasteiger partial charge in [0.1, 0.15) is 12.8 Å². The van der Waals surface area contributed by atoms with Gasteiger partial charge in [-0.1, -0.05) is 0 Å². The van der Waals surface area contributed by atoms with Gasteiger partial charge in [0, 0.05) is 0 Å². The minimum atomic E-state index is -4.53. The lowest BCUT2D eigenvalue weighted by atomic mass is 10.5. The van der Waals surface area contributed by atoms with Crippen molar-refractivity contribution in [3.63, 3.8) is 0 Å². The largest absolute Gasteiger partial charge is 0.539 e. The van der Waals surface area contributed by atoms with Crippen molar-refractivity contribution in [3.8, 4) is 0 Å². The number of aliphatic hydroxyl groups is 1. The van der Waals surface area contributed by atoms with Crippen LogP contribution in [0.3, 0.4) is 0 Å². The molecule has 0 aromatic heterocycles. The van der Waals surface area contributed by atoms with Gasteiger partial charge in [-0.05, 0) is 10.8 Å². The van der Waals surface area contributed by atoms with E-state index in [9.17, 15) is 18.0 Å². The maximum Gasteiger partial charge on any atom is 0.539 e. The normalized spacial score (nSPS) is 14.6. The average Bonchev–Trinajstić information content (AvgIpc) is 1.98. The summed E-state index contributed by atoms with van der Waals surface area (Å²) in [6.45, 7) is 1.12. The topological polar surface area (TPSA) is 129 Å². The number of aliphatic hydroxyl groups excluding tert-OH is 1. The predicted octanol–water partition coefficient (Wildman–Crippen LogP) is -0.500. The van der Waals surface area contributed by atoms with E-state index >= 15 is 0 Å². The Bertz CT molecular complexity index is 357. The van der Waals surface area contributed by atoms with Crippen LogP contribution in [-0.4, -0.2) is 58.7 Å². The second-order valence-corrected chi connectivity index (χ2v) is 5.31. The van der Waals surface area contributed by atoms with Crippen molar-refractivity contribution < 1.29 is 37.2 Å². The first-order valence-electron chi connectivity index (χ1n) is 3.80. The Kier molecular flexibility index (Phi) is 3.80. The number of carboxylic acid groups (broad SMARTS) is 2. The molecule has 0 aromatic carbocycles. The van der Waals surface area contributed by atoms with E-state index in [1.165, 1.54) is 0 Å². The molecule has 0 heterocycles. The first-order valence-corrected chi connectivity index (χ1v) is 5.41. The number of amides is 2. The summed E-state index contributed by atoms with van der Waals surface area (Å²) in [5.74, 6) is -0.942. The van der Waals surface area contributed by atoms with Crippen molar-refractivity contribution in [1.29, 1.82) is 0 Å². The van der Waals surface area contributed by atoms with E-state index in [2.05, 4.69) is 0 Å². The molecule has 0 saturated carbocycles. The fourth-order valence-electron chi connectivity index (χ4n) is 0.774. The fourth-order valence-corrected chi connectivity index (χ4v) is 2.16. The number of hydrogen-bond donors (Lipinski definition) is 3. The van der Waals surface area contributed by atoms with E-state index in [4.69, 9.17) is 15.3 Å². The quantitative estimate of drug-likeness (QED) is 0.569. The number of carbonyl (C=O) groups is 2. The second-order valence-electron chi connectivity index (χ2n) is 3.09. The van der Waals surface area contributed by atoms with Gasteiger partial charge in [0.2, 0.25) is 0 Å². The van der Waals surface area contributed by atoms with Gasteiger partial charge in [-0.15, -0.1) is 0 Å². The number of sulfonamides is 1. The first-order chi connectivity index (χ1) is 6.55. The third-order valence-electron chi connectivity index (χ3n) is 1.74. The molecule has 0 spiro atoms. The molecule has 0 aliphatic rings. The molecule has 0 aliphatic heterocycles. The third kappa shape index (κ3) is 2.43. The van der Waals surface area contributed by atoms with Gasteiger partial charge < -0.3 is 15.3 Å². The molecular weight excluding hydrogens is 230 g/mol. The van der Waals surface area contributed by atoms with Gasteiger partial charge in [0.05, 0.1) is 6.10 Å². The van der Waals surface area contributed by atoms with E-state index in [-0.39, 0.29) is 0 Å². The molecular formula is C6H12NO7S+. The molecule has 0 aliphatic carbocycles. The van der Waals surface area contributed by atoms with Crippen molar-refractivity contribution in [1.82, 2.24) is 0 Å². The highest BCUT2D eigenvalue weighted by atomic mass is 32.2.